The minimum Gasteiger partial charge on any atom is -0.309 e. The maximum Gasteiger partial charge on any atom is 0.164 e. The summed E-state index contributed by atoms with van der Waals surface area (Å²) < 4.78 is 4.85. The summed E-state index contributed by atoms with van der Waals surface area (Å²) in [4.78, 5) is 15.2. The Bertz CT molecular complexity index is 3200. The van der Waals surface area contributed by atoms with Crippen molar-refractivity contribution in [2.24, 2.45) is 0 Å². The van der Waals surface area contributed by atoms with Gasteiger partial charge in [0.25, 0.3) is 0 Å². The van der Waals surface area contributed by atoms with Crippen LogP contribution in [0.2, 0.25) is 0 Å². The number of rotatable bonds is 6. The summed E-state index contributed by atoms with van der Waals surface area (Å²) in [6, 6.07) is 68.6. The Hall–Kier alpha value is -7.21. The van der Waals surface area contributed by atoms with Gasteiger partial charge >= 0.3 is 0 Å². The molecular weight excluding hydrogens is 701 g/mol. The third kappa shape index (κ3) is 5.40. The summed E-state index contributed by atoms with van der Waals surface area (Å²) in [6.45, 7) is 0. The second-order valence-corrected chi connectivity index (χ2v) is 15.1. The minimum absolute atomic E-state index is 0.645. The van der Waals surface area contributed by atoms with Crippen molar-refractivity contribution in [2.45, 2.75) is 0 Å². The van der Waals surface area contributed by atoms with E-state index in [4.69, 9.17) is 15.0 Å². The average Bonchev–Trinajstić information content (AvgIpc) is 3.82. The smallest absolute Gasteiger partial charge is 0.164 e. The Morgan fingerprint density at radius 1 is 0.339 bits per heavy atom. The van der Waals surface area contributed by atoms with Crippen molar-refractivity contribution in [3.63, 3.8) is 0 Å². The van der Waals surface area contributed by atoms with E-state index in [1.807, 2.05) is 35.6 Å². The monoisotopic (exact) mass is 732 g/mol. The molecule has 5 heteroatoms. The van der Waals surface area contributed by atoms with Crippen LogP contribution in [0.4, 0.5) is 0 Å². The third-order valence-corrected chi connectivity index (χ3v) is 11.8. The van der Waals surface area contributed by atoms with Gasteiger partial charge in [-0.3, -0.25) is 0 Å². The highest BCUT2D eigenvalue weighted by Gasteiger charge is 2.19. The molecule has 4 nitrogen and oxygen atoms in total. The first kappa shape index (κ1) is 32.2. The number of fused-ring (bicyclic) bond motifs is 6. The van der Waals surface area contributed by atoms with Crippen LogP contribution >= 0.6 is 11.3 Å². The number of hydrogen-bond acceptors (Lipinski definition) is 4. The Labute approximate surface area is 327 Å². The Morgan fingerprint density at radius 2 is 0.875 bits per heavy atom. The maximum absolute atomic E-state index is 5.13. The Morgan fingerprint density at radius 3 is 1.61 bits per heavy atom. The normalized spacial score (nSPS) is 11.6. The minimum atomic E-state index is 0.645. The highest BCUT2D eigenvalue weighted by atomic mass is 32.1. The van der Waals surface area contributed by atoms with Gasteiger partial charge in [-0.05, 0) is 53.1 Å². The average molecular weight is 733 g/mol. The molecule has 0 aliphatic rings. The van der Waals surface area contributed by atoms with Gasteiger partial charge in [0.1, 0.15) is 0 Å². The molecule has 0 bridgehead atoms. The zero-order chi connectivity index (χ0) is 37.0. The number of hydrogen-bond donors (Lipinski definition) is 0. The molecule has 11 aromatic rings. The van der Waals surface area contributed by atoms with Crippen LogP contribution in [-0.2, 0) is 0 Å². The molecule has 0 N–H and O–H groups in total. The van der Waals surface area contributed by atoms with Crippen molar-refractivity contribution in [2.75, 3.05) is 0 Å². The molecule has 262 valence electrons. The topological polar surface area (TPSA) is 43.6 Å². The summed E-state index contributed by atoms with van der Waals surface area (Å²) >= 11 is 1.81. The van der Waals surface area contributed by atoms with Gasteiger partial charge in [-0.25, -0.2) is 15.0 Å². The molecule has 0 spiro atoms. The molecule has 0 aliphatic heterocycles. The van der Waals surface area contributed by atoms with E-state index in [0.29, 0.717) is 17.5 Å². The lowest BCUT2D eigenvalue weighted by atomic mass is 9.97. The van der Waals surface area contributed by atoms with Crippen LogP contribution < -0.4 is 0 Å². The lowest BCUT2D eigenvalue weighted by Gasteiger charge is -2.15. The molecule has 0 saturated heterocycles. The summed E-state index contributed by atoms with van der Waals surface area (Å²) in [5, 5.41) is 4.98. The SMILES string of the molecule is c1ccc(-c2cccc(-c3nc(-c4ccccc4)nc(-c4ccc5c(c4)sc4cccc(-c6ccccc6-n6c7ccccc7c7ccccc76)c45)n3)c2)cc1. The predicted molar refractivity (Wildman–Crippen MR) is 234 cm³/mol. The van der Waals surface area contributed by atoms with E-state index < -0.39 is 0 Å². The van der Waals surface area contributed by atoms with Crippen molar-refractivity contribution in [3.05, 3.63) is 194 Å². The van der Waals surface area contributed by atoms with E-state index in [9.17, 15) is 0 Å². The Kier molecular flexibility index (Phi) is 7.64. The molecule has 0 amide bonds. The van der Waals surface area contributed by atoms with Gasteiger partial charge in [-0.15, -0.1) is 11.3 Å². The second kappa shape index (κ2) is 13.3. The fraction of sp³-hybridized carbons (Fsp3) is 0. The molecule has 0 aliphatic carbocycles. The zero-order valence-electron chi connectivity index (χ0n) is 30.2. The van der Waals surface area contributed by atoms with Crippen molar-refractivity contribution in [3.8, 4) is 62.1 Å². The van der Waals surface area contributed by atoms with Crippen molar-refractivity contribution < 1.29 is 0 Å². The molecule has 0 radical (unpaired) electrons. The molecule has 11 rings (SSSR count). The number of nitrogens with zero attached hydrogens (tertiary/aromatic N) is 4. The molecule has 0 saturated carbocycles. The van der Waals surface area contributed by atoms with Crippen molar-refractivity contribution in [1.29, 1.82) is 0 Å². The summed E-state index contributed by atoms with van der Waals surface area (Å²) in [7, 11) is 0. The molecule has 3 aromatic heterocycles. The molecule has 0 fully saturated rings. The van der Waals surface area contributed by atoms with Crippen molar-refractivity contribution in [1.82, 2.24) is 19.5 Å². The lowest BCUT2D eigenvalue weighted by molar-refractivity contribution is 1.07. The van der Waals surface area contributed by atoms with Crippen LogP contribution in [0, 0.1) is 0 Å². The zero-order valence-corrected chi connectivity index (χ0v) is 31.0. The Balaban J connectivity index is 1.07. The molecular formula is C51H32N4S. The third-order valence-electron chi connectivity index (χ3n) is 10.7. The highest BCUT2D eigenvalue weighted by molar-refractivity contribution is 7.26. The summed E-state index contributed by atoms with van der Waals surface area (Å²) in [5.41, 5.74) is 11.1. The van der Waals surface area contributed by atoms with Crippen LogP contribution in [0.3, 0.4) is 0 Å². The van der Waals surface area contributed by atoms with Crippen LogP contribution in [-0.4, -0.2) is 19.5 Å². The van der Waals surface area contributed by atoms with Crippen LogP contribution in [0.25, 0.3) is 104 Å². The number of thiophene rings is 1. The quantitative estimate of drug-likeness (QED) is 0.171. The van der Waals surface area contributed by atoms with E-state index in [0.717, 1.165) is 33.5 Å². The van der Waals surface area contributed by atoms with E-state index in [1.165, 1.54) is 53.1 Å². The van der Waals surface area contributed by atoms with E-state index in [2.05, 4.69) is 174 Å². The summed E-state index contributed by atoms with van der Waals surface area (Å²) in [5.74, 6) is 1.94. The van der Waals surface area contributed by atoms with Gasteiger partial charge in [-0.1, -0.05) is 158 Å². The maximum atomic E-state index is 5.13. The number of aromatic nitrogens is 4. The second-order valence-electron chi connectivity index (χ2n) is 14.0. The fourth-order valence-electron chi connectivity index (χ4n) is 8.09. The first-order chi connectivity index (χ1) is 27.8. The highest BCUT2D eigenvalue weighted by Crippen LogP contribution is 2.44. The van der Waals surface area contributed by atoms with Crippen LogP contribution in [0.15, 0.2) is 194 Å². The lowest BCUT2D eigenvalue weighted by Crippen LogP contribution is -2.00. The van der Waals surface area contributed by atoms with Gasteiger partial charge in [-0.2, -0.15) is 0 Å². The van der Waals surface area contributed by atoms with E-state index in [1.54, 1.807) is 0 Å². The van der Waals surface area contributed by atoms with Gasteiger partial charge < -0.3 is 4.57 Å². The molecule has 8 aromatic carbocycles. The summed E-state index contributed by atoms with van der Waals surface area (Å²) in [6.07, 6.45) is 0. The van der Waals surface area contributed by atoms with Gasteiger partial charge in [0.05, 0.1) is 16.7 Å². The molecule has 3 heterocycles. The standard InChI is InChI=1S/C51H32N4S/c1-3-15-33(16-4-1)35-19-13-20-36(31-35)50-52-49(34-17-5-2-6-18-34)53-51(54-50)37-29-30-42-47(32-37)56-46-28-14-24-41(48(42)46)40-23-9-12-27-45(40)55-43-25-10-7-21-38(43)39-22-8-11-26-44(39)55/h1-32H. The predicted octanol–water partition coefficient (Wildman–Crippen LogP) is 13.7. The van der Waals surface area contributed by atoms with Crippen molar-refractivity contribution >= 4 is 53.3 Å². The molecule has 56 heavy (non-hydrogen) atoms. The number of benzene rings is 8. The van der Waals surface area contributed by atoms with E-state index in [-0.39, 0.29) is 0 Å². The first-order valence-electron chi connectivity index (χ1n) is 18.8. The van der Waals surface area contributed by atoms with Crippen LogP contribution in [0.5, 0.6) is 0 Å². The first-order valence-corrected chi connectivity index (χ1v) is 19.6. The molecule has 0 atom stereocenters. The van der Waals surface area contributed by atoms with Gasteiger partial charge in [0.15, 0.2) is 17.5 Å². The number of para-hydroxylation sites is 3. The van der Waals surface area contributed by atoms with E-state index >= 15 is 0 Å². The molecule has 0 unspecified atom stereocenters. The van der Waals surface area contributed by atoms with Gasteiger partial charge in [0.2, 0.25) is 0 Å². The van der Waals surface area contributed by atoms with Crippen LogP contribution in [0.1, 0.15) is 0 Å². The van der Waals surface area contributed by atoms with Gasteiger partial charge in [0, 0.05) is 53.2 Å². The largest absolute Gasteiger partial charge is 0.309 e. The fourth-order valence-corrected chi connectivity index (χ4v) is 9.26.